The van der Waals surface area contributed by atoms with Crippen LogP contribution in [0, 0.1) is 12.0 Å². The van der Waals surface area contributed by atoms with Crippen molar-refractivity contribution in [3.8, 4) is 0 Å². The van der Waals surface area contributed by atoms with Crippen LogP contribution in [0.15, 0.2) is 18.2 Å². The van der Waals surface area contributed by atoms with Crippen LogP contribution in [-0.4, -0.2) is 7.05 Å². The lowest BCUT2D eigenvalue weighted by atomic mass is 9.98. The molecule has 1 aromatic carbocycles. The zero-order valence-electron chi connectivity index (χ0n) is 9.43. The van der Waals surface area contributed by atoms with E-state index in [1.54, 1.807) is 0 Å². The van der Waals surface area contributed by atoms with Gasteiger partial charge in [0, 0.05) is 6.54 Å². The largest absolute Gasteiger partial charge is 0.316 e. The number of hydrogen-bond acceptors (Lipinski definition) is 1. The maximum atomic E-state index is 3.34. The highest BCUT2D eigenvalue weighted by atomic mass is 14.8. The molecular weight excluding hydrogens is 170 g/mol. The van der Waals surface area contributed by atoms with Crippen LogP contribution in [0.4, 0.5) is 0 Å². The Balaban J connectivity index is 2.64. The Morgan fingerprint density at radius 2 is 2.21 bits per heavy atom. The molecule has 14 heavy (non-hydrogen) atoms. The van der Waals surface area contributed by atoms with Crippen LogP contribution in [0.5, 0.6) is 0 Å². The first-order valence-corrected chi connectivity index (χ1v) is 5.37. The lowest BCUT2D eigenvalue weighted by Crippen LogP contribution is -2.08. The summed E-state index contributed by atoms with van der Waals surface area (Å²) in [5.74, 6) is 0.769. The number of hydrogen-bond donors (Lipinski definition) is 1. The molecule has 0 amide bonds. The maximum absolute atomic E-state index is 3.34. The van der Waals surface area contributed by atoms with E-state index in [1.807, 2.05) is 13.1 Å². The summed E-state index contributed by atoms with van der Waals surface area (Å²) >= 11 is 0. The van der Waals surface area contributed by atoms with Crippen LogP contribution in [0.2, 0.25) is 0 Å². The van der Waals surface area contributed by atoms with Crippen LogP contribution < -0.4 is 5.32 Å². The second kappa shape index (κ2) is 5.82. The Morgan fingerprint density at radius 3 is 2.86 bits per heavy atom. The highest BCUT2D eigenvalue weighted by Crippen LogP contribution is 2.13. The minimum absolute atomic E-state index is 0.769. The lowest BCUT2D eigenvalue weighted by Gasteiger charge is -2.09. The van der Waals surface area contributed by atoms with E-state index in [1.165, 1.54) is 17.5 Å². The summed E-state index contributed by atoms with van der Waals surface area (Å²) in [5.41, 5.74) is 2.76. The number of rotatable bonds is 5. The molecule has 0 spiro atoms. The third-order valence-electron chi connectivity index (χ3n) is 2.38. The first kappa shape index (κ1) is 11.3. The summed E-state index contributed by atoms with van der Waals surface area (Å²) in [5, 5.41) is 3.19. The minimum atomic E-state index is 0.769. The molecule has 0 aromatic heterocycles. The van der Waals surface area contributed by atoms with Gasteiger partial charge in [0.05, 0.1) is 0 Å². The van der Waals surface area contributed by atoms with Gasteiger partial charge >= 0.3 is 0 Å². The fourth-order valence-electron chi connectivity index (χ4n) is 1.53. The SMILES string of the molecule is CNCc1ccc[c]c1CCC(C)C. The van der Waals surface area contributed by atoms with Gasteiger partial charge in [0.15, 0.2) is 0 Å². The smallest absolute Gasteiger partial charge is 0.0205 e. The molecule has 0 unspecified atom stereocenters. The van der Waals surface area contributed by atoms with Gasteiger partial charge in [-0.1, -0.05) is 32.0 Å². The van der Waals surface area contributed by atoms with E-state index in [-0.39, 0.29) is 0 Å². The van der Waals surface area contributed by atoms with Gasteiger partial charge in [-0.15, -0.1) is 0 Å². The van der Waals surface area contributed by atoms with Gasteiger partial charge in [0.1, 0.15) is 0 Å². The third kappa shape index (κ3) is 3.51. The molecule has 1 rings (SSSR count). The van der Waals surface area contributed by atoms with Gasteiger partial charge in [-0.3, -0.25) is 0 Å². The van der Waals surface area contributed by atoms with Crippen molar-refractivity contribution in [2.24, 2.45) is 5.92 Å². The minimum Gasteiger partial charge on any atom is -0.316 e. The highest BCUT2D eigenvalue weighted by Gasteiger charge is 2.02. The second-order valence-corrected chi connectivity index (χ2v) is 4.14. The van der Waals surface area contributed by atoms with Crippen molar-refractivity contribution in [1.82, 2.24) is 5.32 Å². The molecule has 1 nitrogen and oxygen atoms in total. The third-order valence-corrected chi connectivity index (χ3v) is 2.38. The molecule has 0 heterocycles. The molecule has 1 heteroatoms. The van der Waals surface area contributed by atoms with Gasteiger partial charge in [-0.25, -0.2) is 0 Å². The fourth-order valence-corrected chi connectivity index (χ4v) is 1.53. The zero-order chi connectivity index (χ0) is 10.4. The average Bonchev–Trinajstić information content (AvgIpc) is 2.17. The Hall–Kier alpha value is -0.820. The molecule has 0 saturated carbocycles. The summed E-state index contributed by atoms with van der Waals surface area (Å²) in [4.78, 5) is 0. The molecule has 0 saturated heterocycles. The van der Waals surface area contributed by atoms with Crippen molar-refractivity contribution < 1.29 is 0 Å². The van der Waals surface area contributed by atoms with Crippen molar-refractivity contribution >= 4 is 0 Å². The van der Waals surface area contributed by atoms with E-state index in [4.69, 9.17) is 0 Å². The van der Waals surface area contributed by atoms with Crippen LogP contribution in [0.3, 0.4) is 0 Å². The Kier molecular flexibility index (Phi) is 4.68. The van der Waals surface area contributed by atoms with Crippen LogP contribution in [-0.2, 0) is 13.0 Å². The Morgan fingerprint density at radius 1 is 1.43 bits per heavy atom. The molecule has 0 bridgehead atoms. The summed E-state index contributed by atoms with van der Waals surface area (Å²) in [6.07, 6.45) is 2.40. The monoisotopic (exact) mass is 190 g/mol. The zero-order valence-corrected chi connectivity index (χ0v) is 9.43. The van der Waals surface area contributed by atoms with E-state index in [2.05, 4.69) is 37.4 Å². The van der Waals surface area contributed by atoms with Crippen LogP contribution in [0.1, 0.15) is 31.4 Å². The van der Waals surface area contributed by atoms with Gasteiger partial charge in [0.2, 0.25) is 0 Å². The molecule has 0 aliphatic carbocycles. The Bertz CT molecular complexity index is 266. The summed E-state index contributed by atoms with van der Waals surface area (Å²) in [6.45, 7) is 5.48. The van der Waals surface area contributed by atoms with Crippen molar-refractivity contribution in [2.75, 3.05) is 7.05 Å². The van der Waals surface area contributed by atoms with E-state index >= 15 is 0 Å². The quantitative estimate of drug-likeness (QED) is 0.753. The standard InChI is InChI=1S/C13H20N/c1-11(2)8-9-12-6-4-5-7-13(12)10-14-3/h4-5,7,11,14H,8-10H2,1-3H3. The van der Waals surface area contributed by atoms with Crippen molar-refractivity contribution in [3.63, 3.8) is 0 Å². The number of benzene rings is 1. The van der Waals surface area contributed by atoms with Crippen LogP contribution in [0.25, 0.3) is 0 Å². The fraction of sp³-hybridized carbons (Fsp3) is 0.538. The van der Waals surface area contributed by atoms with Gasteiger partial charge < -0.3 is 5.32 Å². The molecule has 1 radical (unpaired) electrons. The first-order chi connectivity index (χ1) is 6.74. The maximum Gasteiger partial charge on any atom is 0.0205 e. The topological polar surface area (TPSA) is 12.0 Å². The van der Waals surface area contributed by atoms with Gasteiger partial charge in [0.25, 0.3) is 0 Å². The number of nitrogens with one attached hydrogen (secondary N) is 1. The predicted molar refractivity (Wildman–Crippen MR) is 61.2 cm³/mol. The van der Waals surface area contributed by atoms with Gasteiger partial charge in [-0.2, -0.15) is 0 Å². The highest BCUT2D eigenvalue weighted by molar-refractivity contribution is 5.25. The first-order valence-electron chi connectivity index (χ1n) is 5.37. The van der Waals surface area contributed by atoms with E-state index in [0.717, 1.165) is 18.9 Å². The van der Waals surface area contributed by atoms with Crippen LogP contribution >= 0.6 is 0 Å². The molecule has 1 N–H and O–H groups in total. The van der Waals surface area contributed by atoms with E-state index < -0.39 is 0 Å². The van der Waals surface area contributed by atoms with E-state index in [0.29, 0.717) is 0 Å². The van der Waals surface area contributed by atoms with Crippen molar-refractivity contribution in [1.29, 1.82) is 0 Å². The van der Waals surface area contributed by atoms with Gasteiger partial charge in [-0.05, 0) is 43.0 Å². The molecule has 0 fully saturated rings. The molecule has 0 aliphatic rings. The lowest BCUT2D eigenvalue weighted by molar-refractivity contribution is 0.583. The molecule has 1 aromatic rings. The van der Waals surface area contributed by atoms with Crippen molar-refractivity contribution in [2.45, 2.75) is 33.2 Å². The molecule has 0 aliphatic heterocycles. The van der Waals surface area contributed by atoms with Crippen molar-refractivity contribution in [3.05, 3.63) is 35.4 Å². The Labute approximate surface area is 87.5 Å². The summed E-state index contributed by atoms with van der Waals surface area (Å²) < 4.78 is 0. The van der Waals surface area contributed by atoms with E-state index in [9.17, 15) is 0 Å². The summed E-state index contributed by atoms with van der Waals surface area (Å²) in [6, 6.07) is 9.59. The average molecular weight is 190 g/mol. The second-order valence-electron chi connectivity index (χ2n) is 4.14. The molecular formula is C13H20N. The normalized spacial score (nSPS) is 10.9. The molecule has 0 atom stereocenters. The summed E-state index contributed by atoms with van der Waals surface area (Å²) in [7, 11) is 1.99. The predicted octanol–water partition coefficient (Wildman–Crippen LogP) is 2.79. The number of aryl methyl sites for hydroxylation is 1. The molecule has 77 valence electrons.